The first-order valence-corrected chi connectivity index (χ1v) is 6.27. The summed E-state index contributed by atoms with van der Waals surface area (Å²) in [6.07, 6.45) is 1.02. The number of halogens is 1. The molecule has 0 saturated heterocycles. The number of aromatic nitrogens is 2. The highest BCUT2D eigenvalue weighted by Gasteiger charge is 2.23. The minimum Gasteiger partial charge on any atom is -0.478 e. The third-order valence-electron chi connectivity index (χ3n) is 2.08. The van der Waals surface area contributed by atoms with Crippen molar-refractivity contribution in [3.8, 4) is 0 Å². The van der Waals surface area contributed by atoms with Gasteiger partial charge in [0.2, 0.25) is 0 Å². The number of hydrogen-bond donors (Lipinski definition) is 3. The summed E-state index contributed by atoms with van der Waals surface area (Å²) in [6.45, 7) is 0. The molecule has 3 N–H and O–H groups in total. The molecule has 0 aliphatic heterocycles. The Morgan fingerprint density at radius 2 is 2.06 bits per heavy atom. The molecule has 0 amide bonds. The lowest BCUT2D eigenvalue weighted by Crippen LogP contribution is -2.03. The summed E-state index contributed by atoms with van der Waals surface area (Å²) >= 11 is 5.79. The van der Waals surface area contributed by atoms with Crippen LogP contribution in [-0.2, 0) is 4.57 Å². The minimum atomic E-state index is -4.49. The Morgan fingerprint density at radius 3 is 2.59 bits per heavy atom. The molecular formula is C8H6ClN2O5P. The van der Waals surface area contributed by atoms with E-state index in [2.05, 4.69) is 4.98 Å². The van der Waals surface area contributed by atoms with Crippen LogP contribution in [0.5, 0.6) is 0 Å². The van der Waals surface area contributed by atoms with E-state index >= 15 is 0 Å². The zero-order valence-corrected chi connectivity index (χ0v) is 9.76. The predicted octanol–water partition coefficient (Wildman–Crippen LogP) is 0.489. The minimum absolute atomic E-state index is 0.165. The number of fused-ring (bicyclic) bond motifs is 1. The van der Waals surface area contributed by atoms with Gasteiger partial charge >= 0.3 is 13.6 Å². The van der Waals surface area contributed by atoms with Gasteiger partial charge in [-0.15, -0.1) is 0 Å². The Balaban J connectivity index is 2.75. The average Bonchev–Trinajstić information content (AvgIpc) is 2.61. The molecule has 0 atom stereocenters. The Bertz CT molecular complexity index is 661. The fourth-order valence-electron chi connectivity index (χ4n) is 1.31. The summed E-state index contributed by atoms with van der Waals surface area (Å²) in [5.41, 5.74) is -0.464. The van der Waals surface area contributed by atoms with E-state index in [4.69, 9.17) is 26.5 Å². The number of carboxylic acids is 1. The van der Waals surface area contributed by atoms with Crippen molar-refractivity contribution in [1.82, 2.24) is 9.38 Å². The topological polar surface area (TPSA) is 112 Å². The molecule has 7 nitrogen and oxygen atoms in total. The summed E-state index contributed by atoms with van der Waals surface area (Å²) in [7, 11) is -4.49. The molecule has 2 aromatic heterocycles. The third kappa shape index (κ3) is 2.05. The SMILES string of the molecule is O=C(O)c1ccc2nc(P(=O)(O)O)cn2c1Cl. The van der Waals surface area contributed by atoms with Crippen LogP contribution in [-0.4, -0.2) is 30.2 Å². The molecule has 0 fully saturated rings. The molecule has 2 heterocycles. The molecule has 2 rings (SSSR count). The van der Waals surface area contributed by atoms with E-state index in [-0.39, 0.29) is 16.4 Å². The Morgan fingerprint density at radius 1 is 1.41 bits per heavy atom. The molecule has 0 aliphatic carbocycles. The van der Waals surface area contributed by atoms with E-state index in [0.29, 0.717) is 0 Å². The lowest BCUT2D eigenvalue weighted by atomic mass is 10.3. The van der Waals surface area contributed by atoms with Gasteiger partial charge in [-0.2, -0.15) is 0 Å². The van der Waals surface area contributed by atoms with Gasteiger partial charge in [-0.05, 0) is 12.1 Å². The molecule has 0 saturated carbocycles. The second-order valence-electron chi connectivity index (χ2n) is 3.21. The monoisotopic (exact) mass is 276 g/mol. The lowest BCUT2D eigenvalue weighted by molar-refractivity contribution is 0.0696. The van der Waals surface area contributed by atoms with Crippen molar-refractivity contribution in [2.45, 2.75) is 0 Å². The van der Waals surface area contributed by atoms with Gasteiger partial charge in [0, 0.05) is 6.20 Å². The standard InChI is InChI=1S/C8H6ClN2O5P/c9-7-4(8(12)13)1-2-5-10-6(3-11(5)7)17(14,15)16/h1-3H,(H,12,13)(H2,14,15,16). The smallest absolute Gasteiger partial charge is 0.376 e. The zero-order chi connectivity index (χ0) is 12.8. The number of hydrogen-bond acceptors (Lipinski definition) is 3. The van der Waals surface area contributed by atoms with Crippen LogP contribution >= 0.6 is 19.2 Å². The van der Waals surface area contributed by atoms with Crippen molar-refractivity contribution >= 4 is 36.2 Å². The van der Waals surface area contributed by atoms with Crippen LogP contribution in [0.3, 0.4) is 0 Å². The molecule has 0 spiro atoms. The van der Waals surface area contributed by atoms with Crippen LogP contribution in [0, 0.1) is 0 Å². The number of rotatable bonds is 2. The zero-order valence-electron chi connectivity index (χ0n) is 8.11. The Kier molecular flexibility index (Phi) is 2.71. The molecule has 0 bridgehead atoms. The molecule has 0 unspecified atom stereocenters. The summed E-state index contributed by atoms with van der Waals surface area (Å²) in [5, 5.41) is 8.66. The quantitative estimate of drug-likeness (QED) is 0.543. The van der Waals surface area contributed by atoms with Crippen molar-refractivity contribution in [2.75, 3.05) is 0 Å². The Labute approximate surface area is 99.4 Å². The normalized spacial score (nSPS) is 11.9. The first-order chi connectivity index (χ1) is 7.80. The van der Waals surface area contributed by atoms with Crippen molar-refractivity contribution in [1.29, 1.82) is 0 Å². The van der Waals surface area contributed by atoms with E-state index in [1.807, 2.05) is 0 Å². The maximum atomic E-state index is 11.0. The maximum Gasteiger partial charge on any atom is 0.376 e. The molecule has 0 aromatic carbocycles. The number of carbonyl (C=O) groups is 1. The fraction of sp³-hybridized carbons (Fsp3) is 0. The Hall–Kier alpha value is -1.40. The number of imidazole rings is 1. The van der Waals surface area contributed by atoms with Crippen molar-refractivity contribution < 1.29 is 24.3 Å². The van der Waals surface area contributed by atoms with Gasteiger partial charge in [0.25, 0.3) is 0 Å². The second kappa shape index (κ2) is 3.82. The summed E-state index contributed by atoms with van der Waals surface area (Å²) in [6, 6.07) is 2.53. The lowest BCUT2D eigenvalue weighted by Gasteiger charge is -2.00. The number of carboxylic acid groups (broad SMARTS) is 1. The van der Waals surface area contributed by atoms with E-state index in [1.165, 1.54) is 12.1 Å². The van der Waals surface area contributed by atoms with E-state index in [9.17, 15) is 9.36 Å². The van der Waals surface area contributed by atoms with Gasteiger partial charge in [0.15, 0.2) is 5.44 Å². The highest BCUT2D eigenvalue weighted by molar-refractivity contribution is 7.60. The summed E-state index contributed by atoms with van der Waals surface area (Å²) in [4.78, 5) is 32.3. The summed E-state index contributed by atoms with van der Waals surface area (Å²) < 4.78 is 12.1. The van der Waals surface area contributed by atoms with Gasteiger partial charge in [-0.25, -0.2) is 9.78 Å². The van der Waals surface area contributed by atoms with Crippen molar-refractivity contribution in [3.63, 3.8) is 0 Å². The van der Waals surface area contributed by atoms with Crippen LogP contribution < -0.4 is 5.44 Å². The molecule has 90 valence electrons. The highest BCUT2D eigenvalue weighted by Crippen LogP contribution is 2.33. The molecule has 9 heteroatoms. The van der Waals surface area contributed by atoms with Gasteiger partial charge in [0.1, 0.15) is 10.8 Å². The second-order valence-corrected chi connectivity index (χ2v) is 5.12. The van der Waals surface area contributed by atoms with Crippen LogP contribution in [0.25, 0.3) is 5.65 Å². The molecular weight excluding hydrogens is 271 g/mol. The average molecular weight is 277 g/mol. The van der Waals surface area contributed by atoms with Gasteiger partial charge < -0.3 is 14.9 Å². The van der Waals surface area contributed by atoms with Crippen LogP contribution in [0.2, 0.25) is 5.15 Å². The molecule has 2 aromatic rings. The number of aromatic carboxylic acids is 1. The molecule has 0 aliphatic rings. The summed E-state index contributed by atoms with van der Waals surface area (Å²) in [5.74, 6) is -1.23. The third-order valence-corrected chi connectivity index (χ3v) is 3.28. The molecule has 17 heavy (non-hydrogen) atoms. The van der Waals surface area contributed by atoms with Gasteiger partial charge in [0.05, 0.1) is 5.56 Å². The predicted molar refractivity (Wildman–Crippen MR) is 58.8 cm³/mol. The highest BCUT2D eigenvalue weighted by atomic mass is 35.5. The van der Waals surface area contributed by atoms with Crippen LogP contribution in [0.15, 0.2) is 18.3 Å². The van der Waals surface area contributed by atoms with Crippen molar-refractivity contribution in [3.05, 3.63) is 29.0 Å². The van der Waals surface area contributed by atoms with Gasteiger partial charge in [-0.3, -0.25) is 8.97 Å². The number of nitrogens with zero attached hydrogens (tertiary/aromatic N) is 2. The van der Waals surface area contributed by atoms with Gasteiger partial charge in [-0.1, -0.05) is 11.6 Å². The first kappa shape index (κ1) is 12.1. The van der Waals surface area contributed by atoms with Crippen LogP contribution in [0.1, 0.15) is 10.4 Å². The van der Waals surface area contributed by atoms with E-state index < -0.39 is 19.0 Å². The van der Waals surface area contributed by atoms with E-state index in [1.54, 1.807) is 0 Å². The van der Waals surface area contributed by atoms with Crippen molar-refractivity contribution in [2.24, 2.45) is 0 Å². The first-order valence-electron chi connectivity index (χ1n) is 4.27. The fourth-order valence-corrected chi connectivity index (χ4v) is 2.09. The maximum absolute atomic E-state index is 11.0. The van der Waals surface area contributed by atoms with E-state index in [0.717, 1.165) is 10.6 Å². The van der Waals surface area contributed by atoms with Crippen LogP contribution in [0.4, 0.5) is 0 Å². The largest absolute Gasteiger partial charge is 0.478 e. The number of pyridine rings is 1. The molecule has 0 radical (unpaired) electrons.